The Morgan fingerprint density at radius 3 is 2.33 bits per heavy atom. The van der Waals surface area contributed by atoms with Gasteiger partial charge in [-0.05, 0) is 36.6 Å². The highest BCUT2D eigenvalue weighted by Gasteiger charge is 2.30. The van der Waals surface area contributed by atoms with Crippen molar-refractivity contribution in [2.45, 2.75) is 11.8 Å². The number of hydrogen-bond donors (Lipinski definition) is 1. The lowest BCUT2D eigenvalue weighted by molar-refractivity contribution is 0.184. The fourth-order valence-electron chi connectivity index (χ4n) is 2.52. The van der Waals surface area contributed by atoms with Gasteiger partial charge in [0.25, 0.3) is 0 Å². The predicted octanol–water partition coefficient (Wildman–Crippen LogP) is 2.59. The van der Waals surface area contributed by atoms with Crippen molar-refractivity contribution in [1.29, 1.82) is 0 Å². The van der Waals surface area contributed by atoms with Gasteiger partial charge in [0.05, 0.1) is 9.90 Å². The molecule has 1 aromatic heterocycles. The summed E-state index contributed by atoms with van der Waals surface area (Å²) >= 11 is 1.45. The molecule has 1 aromatic carbocycles. The molecular formula is C16H19N3O3S2. The number of rotatable bonds is 3. The van der Waals surface area contributed by atoms with Crippen molar-refractivity contribution in [2.75, 3.05) is 31.5 Å². The molecule has 0 bridgehead atoms. The Labute approximate surface area is 145 Å². The lowest BCUT2D eigenvalue weighted by atomic mass is 10.2. The van der Waals surface area contributed by atoms with Crippen molar-refractivity contribution in [3.05, 3.63) is 47.3 Å². The fourth-order valence-corrected chi connectivity index (χ4v) is 4.55. The van der Waals surface area contributed by atoms with Crippen LogP contribution in [0.1, 0.15) is 5.56 Å². The predicted molar refractivity (Wildman–Crippen MR) is 94.8 cm³/mol. The van der Waals surface area contributed by atoms with E-state index in [1.54, 1.807) is 29.2 Å². The number of aryl methyl sites for hydroxylation is 1. The van der Waals surface area contributed by atoms with E-state index in [1.165, 1.54) is 15.6 Å². The first-order valence-corrected chi connectivity index (χ1v) is 9.95. The summed E-state index contributed by atoms with van der Waals surface area (Å²) in [5.41, 5.74) is 1.02. The second-order valence-corrected chi connectivity index (χ2v) is 8.50. The number of sulfonamides is 1. The SMILES string of the molecule is Cc1ccc(S(=O)(=O)N2CCN(C(=O)Nc3cccs3)CC2)cc1. The molecule has 3 rings (SSSR count). The van der Waals surface area contributed by atoms with Crippen molar-refractivity contribution < 1.29 is 13.2 Å². The molecule has 8 heteroatoms. The summed E-state index contributed by atoms with van der Waals surface area (Å²) in [5.74, 6) is 0. The quantitative estimate of drug-likeness (QED) is 0.909. The van der Waals surface area contributed by atoms with Crippen LogP contribution < -0.4 is 5.32 Å². The number of nitrogens with zero attached hydrogens (tertiary/aromatic N) is 2. The van der Waals surface area contributed by atoms with Crippen LogP contribution in [0.4, 0.5) is 9.80 Å². The summed E-state index contributed by atoms with van der Waals surface area (Å²) in [6.45, 7) is 3.27. The van der Waals surface area contributed by atoms with Gasteiger partial charge in [-0.25, -0.2) is 13.2 Å². The van der Waals surface area contributed by atoms with E-state index in [0.717, 1.165) is 10.6 Å². The standard InChI is InChI=1S/C16H19N3O3S2/c1-13-4-6-14(7-5-13)24(21,22)19-10-8-18(9-11-19)16(20)17-15-3-2-12-23-15/h2-7,12H,8-11H2,1H3,(H,17,20). The summed E-state index contributed by atoms with van der Waals surface area (Å²) < 4.78 is 26.7. The number of urea groups is 1. The zero-order chi connectivity index (χ0) is 17.2. The molecule has 2 amide bonds. The summed E-state index contributed by atoms with van der Waals surface area (Å²) in [6, 6.07) is 10.3. The largest absolute Gasteiger partial charge is 0.322 e. The van der Waals surface area contributed by atoms with Crippen molar-refractivity contribution in [2.24, 2.45) is 0 Å². The second-order valence-electron chi connectivity index (χ2n) is 5.61. The van der Waals surface area contributed by atoms with Gasteiger partial charge in [-0.2, -0.15) is 4.31 Å². The van der Waals surface area contributed by atoms with E-state index in [-0.39, 0.29) is 6.03 Å². The molecule has 2 heterocycles. The average Bonchev–Trinajstić information content (AvgIpc) is 3.08. The van der Waals surface area contributed by atoms with Crippen molar-refractivity contribution >= 4 is 32.4 Å². The maximum Gasteiger partial charge on any atom is 0.322 e. The van der Waals surface area contributed by atoms with Crippen LogP contribution in [-0.2, 0) is 10.0 Å². The lowest BCUT2D eigenvalue weighted by Gasteiger charge is -2.33. The van der Waals surface area contributed by atoms with Crippen LogP contribution >= 0.6 is 11.3 Å². The first-order valence-electron chi connectivity index (χ1n) is 7.63. The van der Waals surface area contributed by atoms with Gasteiger partial charge in [0.1, 0.15) is 0 Å². The van der Waals surface area contributed by atoms with Gasteiger partial charge < -0.3 is 4.90 Å². The molecule has 1 aliphatic rings. The Morgan fingerprint density at radius 2 is 1.75 bits per heavy atom. The maximum atomic E-state index is 12.6. The Bertz CT molecular complexity index is 794. The van der Waals surface area contributed by atoms with Crippen molar-refractivity contribution in [1.82, 2.24) is 9.21 Å². The van der Waals surface area contributed by atoms with Gasteiger partial charge in [0.2, 0.25) is 10.0 Å². The Morgan fingerprint density at radius 1 is 1.08 bits per heavy atom. The second kappa shape index (κ2) is 6.92. The van der Waals surface area contributed by atoms with Crippen LogP contribution in [0.25, 0.3) is 0 Å². The summed E-state index contributed by atoms with van der Waals surface area (Å²) in [5, 5.41) is 5.50. The number of carbonyl (C=O) groups excluding carboxylic acids is 1. The number of carbonyl (C=O) groups is 1. The fraction of sp³-hybridized carbons (Fsp3) is 0.312. The number of amides is 2. The minimum atomic E-state index is -3.50. The molecule has 128 valence electrons. The van der Waals surface area contributed by atoms with Crippen LogP contribution in [-0.4, -0.2) is 49.8 Å². The van der Waals surface area contributed by atoms with E-state index in [1.807, 2.05) is 24.4 Å². The Balaban J connectivity index is 1.62. The molecule has 0 unspecified atom stereocenters. The zero-order valence-corrected chi connectivity index (χ0v) is 14.9. The summed E-state index contributed by atoms with van der Waals surface area (Å²) in [7, 11) is -3.50. The monoisotopic (exact) mass is 365 g/mol. The molecule has 0 saturated carbocycles. The molecular weight excluding hydrogens is 346 g/mol. The summed E-state index contributed by atoms with van der Waals surface area (Å²) in [6.07, 6.45) is 0. The van der Waals surface area contributed by atoms with Crippen LogP contribution in [0.15, 0.2) is 46.7 Å². The minimum absolute atomic E-state index is 0.190. The van der Waals surface area contributed by atoms with Crippen molar-refractivity contribution in [3.8, 4) is 0 Å². The molecule has 2 aromatic rings. The smallest absolute Gasteiger partial charge is 0.322 e. The average molecular weight is 365 g/mol. The van der Waals surface area contributed by atoms with Crippen LogP contribution in [0.5, 0.6) is 0 Å². The van der Waals surface area contributed by atoms with Gasteiger partial charge in [-0.15, -0.1) is 11.3 Å². The third-order valence-electron chi connectivity index (χ3n) is 3.94. The molecule has 0 aliphatic carbocycles. The van der Waals surface area contributed by atoms with Gasteiger partial charge >= 0.3 is 6.03 Å². The van der Waals surface area contributed by atoms with Crippen LogP contribution in [0.2, 0.25) is 0 Å². The van der Waals surface area contributed by atoms with E-state index in [9.17, 15) is 13.2 Å². The molecule has 1 aliphatic heterocycles. The molecule has 0 spiro atoms. The maximum absolute atomic E-state index is 12.6. The lowest BCUT2D eigenvalue weighted by Crippen LogP contribution is -2.51. The van der Waals surface area contributed by atoms with Gasteiger partial charge in [-0.1, -0.05) is 17.7 Å². The molecule has 0 atom stereocenters. The molecule has 1 fully saturated rings. The van der Waals surface area contributed by atoms with E-state index < -0.39 is 10.0 Å². The number of benzene rings is 1. The summed E-state index contributed by atoms with van der Waals surface area (Å²) in [4.78, 5) is 14.1. The van der Waals surface area contributed by atoms with E-state index in [2.05, 4.69) is 5.32 Å². The van der Waals surface area contributed by atoms with E-state index in [4.69, 9.17) is 0 Å². The Kier molecular flexibility index (Phi) is 4.88. The molecule has 24 heavy (non-hydrogen) atoms. The van der Waals surface area contributed by atoms with Gasteiger partial charge in [0, 0.05) is 26.2 Å². The number of nitrogens with one attached hydrogen (secondary N) is 1. The zero-order valence-electron chi connectivity index (χ0n) is 13.3. The highest BCUT2D eigenvalue weighted by molar-refractivity contribution is 7.89. The molecule has 1 saturated heterocycles. The van der Waals surface area contributed by atoms with Crippen molar-refractivity contribution in [3.63, 3.8) is 0 Å². The normalized spacial score (nSPS) is 16.1. The van der Waals surface area contributed by atoms with Crippen LogP contribution in [0.3, 0.4) is 0 Å². The molecule has 0 radical (unpaired) electrons. The van der Waals surface area contributed by atoms with Gasteiger partial charge in [0.15, 0.2) is 0 Å². The highest BCUT2D eigenvalue weighted by atomic mass is 32.2. The number of anilines is 1. The van der Waals surface area contributed by atoms with Crippen LogP contribution in [0, 0.1) is 6.92 Å². The number of hydrogen-bond acceptors (Lipinski definition) is 4. The topological polar surface area (TPSA) is 69.7 Å². The Hall–Kier alpha value is -1.90. The first-order chi connectivity index (χ1) is 11.5. The highest BCUT2D eigenvalue weighted by Crippen LogP contribution is 2.19. The van der Waals surface area contributed by atoms with Gasteiger partial charge in [-0.3, -0.25) is 5.32 Å². The molecule has 1 N–H and O–H groups in total. The molecule has 6 nitrogen and oxygen atoms in total. The first kappa shape index (κ1) is 16.9. The number of thiophene rings is 1. The third kappa shape index (κ3) is 3.61. The van der Waals surface area contributed by atoms with E-state index >= 15 is 0 Å². The third-order valence-corrected chi connectivity index (χ3v) is 6.63. The van der Waals surface area contributed by atoms with E-state index in [0.29, 0.717) is 31.1 Å². The number of piperazine rings is 1. The minimum Gasteiger partial charge on any atom is -0.322 e.